The van der Waals surface area contributed by atoms with Crippen LogP contribution in [-0.4, -0.2) is 58.1 Å². The van der Waals surface area contributed by atoms with Gasteiger partial charge in [0.25, 0.3) is 0 Å². The molecule has 1 saturated heterocycles. The summed E-state index contributed by atoms with van der Waals surface area (Å²) in [6.45, 7) is 6.42. The highest BCUT2D eigenvalue weighted by Gasteiger charge is 2.44. The molecule has 12 heteroatoms. The molecule has 46 heavy (non-hydrogen) atoms. The fourth-order valence-electron chi connectivity index (χ4n) is 5.64. The summed E-state index contributed by atoms with van der Waals surface area (Å²) in [6.07, 6.45) is 1.65. The fraction of sp³-hybridized carbons (Fsp3) is 0.353. The number of alkyl halides is 3. The standard InChI is InChI=1S/C34H34F4N4O4/c1-3-28(40-30(4-2)42-31(34(36,37)38)26(33(44)45)13-16-39-42)25-7-5-6-8-29(25)46-20-24-12-11-23(19-27(24)35)21-14-17-41(18-15-21)32(43)22-9-10-22/h3-8,11-12,16,19,21-22H,1,9-10,13-15,17-18,20H2,2H3,(H,44,45)/b30-4+,40-28+. The van der Waals surface area contributed by atoms with E-state index >= 15 is 4.39 Å². The number of nitrogens with zero attached hydrogens (tertiary/aromatic N) is 4. The summed E-state index contributed by atoms with van der Waals surface area (Å²) in [5, 5.41) is 13.7. The van der Waals surface area contributed by atoms with E-state index in [0.717, 1.165) is 37.5 Å². The molecule has 0 radical (unpaired) electrons. The molecule has 2 aromatic carbocycles. The molecule has 1 saturated carbocycles. The molecule has 2 aromatic rings. The number of allylic oxidation sites excluding steroid dienone is 3. The van der Waals surface area contributed by atoms with Crippen LogP contribution < -0.4 is 4.74 Å². The van der Waals surface area contributed by atoms with Crippen LogP contribution in [-0.2, 0) is 16.2 Å². The van der Waals surface area contributed by atoms with E-state index in [4.69, 9.17) is 4.74 Å². The molecule has 0 aromatic heterocycles. The molecule has 3 aliphatic rings. The number of likely N-dealkylation sites (tertiary alicyclic amines) is 1. The van der Waals surface area contributed by atoms with Crippen molar-refractivity contribution in [2.75, 3.05) is 13.1 Å². The molecule has 0 atom stereocenters. The van der Waals surface area contributed by atoms with Crippen molar-refractivity contribution in [3.63, 3.8) is 0 Å². The second-order valence-corrected chi connectivity index (χ2v) is 11.3. The predicted octanol–water partition coefficient (Wildman–Crippen LogP) is 6.95. The lowest BCUT2D eigenvalue weighted by molar-refractivity contribution is -0.136. The molecule has 1 N–H and O–H groups in total. The minimum Gasteiger partial charge on any atom is -0.488 e. The lowest BCUT2D eigenvalue weighted by atomic mass is 9.88. The molecule has 1 amide bonds. The highest BCUT2D eigenvalue weighted by atomic mass is 19.4. The third-order valence-corrected chi connectivity index (χ3v) is 8.25. The summed E-state index contributed by atoms with van der Waals surface area (Å²) in [7, 11) is 0. The Hall–Kier alpha value is -4.74. The Bertz CT molecular complexity index is 1630. The van der Waals surface area contributed by atoms with Crippen LogP contribution in [0.1, 0.15) is 61.6 Å². The first-order valence-corrected chi connectivity index (χ1v) is 15.0. The summed E-state index contributed by atoms with van der Waals surface area (Å²) in [5.41, 5.74) is -0.607. The number of benzene rings is 2. The molecule has 0 spiro atoms. The fourth-order valence-corrected chi connectivity index (χ4v) is 5.64. The minimum absolute atomic E-state index is 0.127. The Morgan fingerprint density at radius 1 is 1.13 bits per heavy atom. The van der Waals surface area contributed by atoms with Crippen LogP contribution in [0.2, 0.25) is 0 Å². The molecule has 2 aliphatic heterocycles. The highest BCUT2D eigenvalue weighted by molar-refractivity contribution is 6.10. The molecular weight excluding hydrogens is 604 g/mol. The van der Waals surface area contributed by atoms with Crippen LogP contribution in [0.15, 0.2) is 88.4 Å². The van der Waals surface area contributed by atoms with Gasteiger partial charge in [0.15, 0.2) is 5.70 Å². The first kappa shape index (κ1) is 32.6. The van der Waals surface area contributed by atoms with Crippen LogP contribution in [0.25, 0.3) is 0 Å². The molecule has 1 aliphatic carbocycles. The normalized spacial score (nSPS) is 18.2. The number of hydrogen-bond donors (Lipinski definition) is 1. The highest BCUT2D eigenvalue weighted by Crippen LogP contribution is 2.38. The van der Waals surface area contributed by atoms with Crippen molar-refractivity contribution < 1.29 is 37.0 Å². The van der Waals surface area contributed by atoms with Gasteiger partial charge in [-0.25, -0.2) is 19.2 Å². The topological polar surface area (TPSA) is 94.8 Å². The van der Waals surface area contributed by atoms with Gasteiger partial charge in [-0.05, 0) is 74.4 Å². The first-order valence-electron chi connectivity index (χ1n) is 15.0. The van der Waals surface area contributed by atoms with E-state index in [2.05, 4.69) is 16.7 Å². The van der Waals surface area contributed by atoms with Crippen molar-refractivity contribution in [2.24, 2.45) is 16.0 Å². The largest absolute Gasteiger partial charge is 0.488 e. The monoisotopic (exact) mass is 638 g/mol. The van der Waals surface area contributed by atoms with Crippen LogP contribution in [0.3, 0.4) is 0 Å². The van der Waals surface area contributed by atoms with Gasteiger partial charge in [0.05, 0.1) is 11.3 Å². The van der Waals surface area contributed by atoms with Crippen LogP contribution in [0.5, 0.6) is 5.75 Å². The quantitative estimate of drug-likeness (QED) is 0.225. The summed E-state index contributed by atoms with van der Waals surface area (Å²) < 4.78 is 63.2. The summed E-state index contributed by atoms with van der Waals surface area (Å²) >= 11 is 0. The molecule has 2 fully saturated rings. The summed E-state index contributed by atoms with van der Waals surface area (Å²) in [4.78, 5) is 30.2. The Kier molecular flexibility index (Phi) is 9.74. The third-order valence-electron chi connectivity index (χ3n) is 8.25. The zero-order chi connectivity index (χ0) is 33.0. The number of aliphatic carboxylic acids is 1. The molecule has 8 nitrogen and oxygen atoms in total. The maximum Gasteiger partial charge on any atom is 0.434 e. The van der Waals surface area contributed by atoms with E-state index in [-0.39, 0.29) is 41.6 Å². The Balaban J connectivity index is 1.32. The number of carboxylic acid groups (broad SMARTS) is 1. The predicted molar refractivity (Wildman–Crippen MR) is 165 cm³/mol. The second kappa shape index (κ2) is 13.7. The van der Waals surface area contributed by atoms with E-state index in [1.54, 1.807) is 30.3 Å². The number of piperidine rings is 1. The molecule has 5 rings (SSSR count). The smallest absolute Gasteiger partial charge is 0.434 e. The minimum atomic E-state index is -5.02. The van der Waals surface area contributed by atoms with Gasteiger partial charge in [0, 0.05) is 42.8 Å². The summed E-state index contributed by atoms with van der Waals surface area (Å²) in [6, 6.07) is 11.7. The number of carbonyl (C=O) groups excluding carboxylic acids is 1. The Morgan fingerprint density at radius 3 is 2.46 bits per heavy atom. The first-order chi connectivity index (χ1) is 22.0. The van der Waals surface area contributed by atoms with E-state index in [1.165, 1.54) is 25.1 Å². The van der Waals surface area contributed by atoms with Gasteiger partial charge in [0.1, 0.15) is 24.0 Å². The second-order valence-electron chi connectivity index (χ2n) is 11.3. The number of rotatable bonds is 10. The zero-order valence-electron chi connectivity index (χ0n) is 25.3. The number of halogens is 4. The van der Waals surface area contributed by atoms with Crippen LogP contribution >= 0.6 is 0 Å². The lowest BCUT2D eigenvalue weighted by Gasteiger charge is -2.32. The maximum atomic E-state index is 15.2. The van der Waals surface area contributed by atoms with Gasteiger partial charge < -0.3 is 14.7 Å². The van der Waals surface area contributed by atoms with E-state index in [1.807, 2.05) is 11.0 Å². The third kappa shape index (κ3) is 7.21. The lowest BCUT2D eigenvalue weighted by Crippen LogP contribution is -2.38. The van der Waals surface area contributed by atoms with E-state index in [0.29, 0.717) is 29.2 Å². The van der Waals surface area contributed by atoms with Gasteiger partial charge in [-0.1, -0.05) is 30.8 Å². The number of ether oxygens (including phenoxy) is 1. The van der Waals surface area contributed by atoms with Crippen LogP contribution in [0.4, 0.5) is 17.6 Å². The van der Waals surface area contributed by atoms with Crippen molar-refractivity contribution in [3.05, 3.63) is 101 Å². The molecule has 0 bridgehead atoms. The Morgan fingerprint density at radius 2 is 1.85 bits per heavy atom. The molecule has 0 unspecified atom stereocenters. The number of hydrazone groups is 1. The number of carboxylic acids is 1. The zero-order valence-corrected chi connectivity index (χ0v) is 25.3. The molecule has 242 valence electrons. The average molecular weight is 639 g/mol. The average Bonchev–Trinajstić information content (AvgIpc) is 3.90. The van der Waals surface area contributed by atoms with Gasteiger partial charge >= 0.3 is 12.1 Å². The van der Waals surface area contributed by atoms with E-state index in [9.17, 15) is 27.9 Å². The number of hydrogen-bond acceptors (Lipinski definition) is 6. The number of para-hydroxylation sites is 1. The number of aliphatic imine (C=N–C) groups is 1. The van der Waals surface area contributed by atoms with Crippen molar-refractivity contribution in [2.45, 2.75) is 57.7 Å². The van der Waals surface area contributed by atoms with Gasteiger partial charge in [-0.3, -0.25) is 4.79 Å². The van der Waals surface area contributed by atoms with Crippen LogP contribution in [0, 0.1) is 11.7 Å². The molecule has 2 heterocycles. The van der Waals surface area contributed by atoms with Gasteiger partial charge in [0.2, 0.25) is 5.91 Å². The van der Waals surface area contributed by atoms with Crippen molar-refractivity contribution in [3.8, 4) is 5.75 Å². The van der Waals surface area contributed by atoms with Crippen molar-refractivity contribution in [1.29, 1.82) is 0 Å². The number of carbonyl (C=O) groups is 2. The maximum absolute atomic E-state index is 15.2. The number of amides is 1. The summed E-state index contributed by atoms with van der Waals surface area (Å²) in [5.74, 6) is -1.56. The molecular formula is C34H34F4N4O4. The van der Waals surface area contributed by atoms with Crippen molar-refractivity contribution in [1.82, 2.24) is 9.91 Å². The van der Waals surface area contributed by atoms with Gasteiger partial charge in [-0.15, -0.1) is 0 Å². The van der Waals surface area contributed by atoms with E-state index < -0.39 is 35.7 Å². The SMILES string of the molecule is C=C/C(=N\C(=C/C)N1N=CCC(C(=O)O)=C1C(F)(F)F)c1ccccc1OCc1ccc(C2CCN(C(=O)C3CC3)CC2)cc1F. The van der Waals surface area contributed by atoms with Crippen molar-refractivity contribution >= 4 is 23.8 Å². The Labute approximate surface area is 264 Å². The van der Waals surface area contributed by atoms with Gasteiger partial charge in [-0.2, -0.15) is 18.3 Å².